The van der Waals surface area contributed by atoms with E-state index in [9.17, 15) is 25.2 Å². The van der Waals surface area contributed by atoms with E-state index in [2.05, 4.69) is 0 Å². The van der Waals surface area contributed by atoms with E-state index >= 15 is 0 Å². The first-order chi connectivity index (χ1) is 7.73. The molecule has 0 rings (SSSR count). The first-order valence-electron chi connectivity index (χ1n) is 4.96. The summed E-state index contributed by atoms with van der Waals surface area (Å²) in [5, 5.41) is 55.0. The molecule has 0 heterocycles. The summed E-state index contributed by atoms with van der Waals surface area (Å²) in [6.07, 6.45) is -9.42. The van der Waals surface area contributed by atoms with E-state index in [1.165, 1.54) is 14.1 Å². The van der Waals surface area contributed by atoms with Crippen molar-refractivity contribution in [1.29, 1.82) is 0 Å². The van der Waals surface area contributed by atoms with Crippen molar-refractivity contribution < 1.29 is 35.4 Å². The Morgan fingerprint density at radius 2 is 1.47 bits per heavy atom. The Balaban J connectivity index is 4.58. The van der Waals surface area contributed by atoms with Crippen LogP contribution in [-0.4, -0.2) is 92.7 Å². The Morgan fingerprint density at radius 1 is 1.00 bits per heavy atom. The van der Waals surface area contributed by atoms with E-state index in [1.807, 2.05) is 0 Å². The minimum atomic E-state index is -1.97. The summed E-state index contributed by atoms with van der Waals surface area (Å²) in [6, 6.07) is 0. The number of carbonyl (C=O) groups is 1. The maximum Gasteiger partial charge on any atom is 0.253 e. The van der Waals surface area contributed by atoms with Crippen LogP contribution >= 0.6 is 0 Å². The Kier molecular flexibility index (Phi) is 6.53. The summed E-state index contributed by atoms with van der Waals surface area (Å²) in [6.45, 7) is -0.831. The highest BCUT2D eigenvalue weighted by Crippen LogP contribution is 2.09. The van der Waals surface area contributed by atoms with Crippen LogP contribution in [0.2, 0.25) is 0 Å². The highest BCUT2D eigenvalue weighted by molar-refractivity contribution is 5.80. The third-order valence-corrected chi connectivity index (χ3v) is 2.30. The van der Waals surface area contributed by atoms with Crippen LogP contribution in [0.5, 0.6) is 0 Å². The zero-order chi connectivity index (χ0) is 13.7. The van der Waals surface area contributed by atoms with E-state index < -0.39 is 43.0 Å². The van der Waals surface area contributed by atoms with Crippen LogP contribution in [0.15, 0.2) is 0 Å². The average Bonchev–Trinajstić information content (AvgIpc) is 2.32. The maximum atomic E-state index is 11.3. The largest absolute Gasteiger partial charge is 0.394 e. The van der Waals surface area contributed by atoms with Gasteiger partial charge in [0.1, 0.15) is 24.4 Å². The molecular formula is C9H19NO7. The zero-order valence-electron chi connectivity index (χ0n) is 9.63. The van der Waals surface area contributed by atoms with Gasteiger partial charge in [0, 0.05) is 14.1 Å². The van der Waals surface area contributed by atoms with E-state index in [-0.39, 0.29) is 0 Å². The molecule has 0 aliphatic carbocycles. The number of amides is 1. The van der Waals surface area contributed by atoms with Gasteiger partial charge >= 0.3 is 0 Å². The molecule has 17 heavy (non-hydrogen) atoms. The summed E-state index contributed by atoms with van der Waals surface area (Å²) in [7, 11) is 2.67. The normalized spacial score (nSPS) is 20.2. The van der Waals surface area contributed by atoms with Gasteiger partial charge in [-0.05, 0) is 0 Å². The molecule has 5 atom stereocenters. The lowest BCUT2D eigenvalue weighted by atomic mass is 9.99. The maximum absolute atomic E-state index is 11.3. The molecule has 0 aromatic heterocycles. The van der Waals surface area contributed by atoms with Crippen LogP contribution in [0.4, 0.5) is 0 Å². The standard InChI is InChI=1S/C9H19NO7/c1-10(2)9(17)8(16)7(15)6(14)5(13)4(12)3-11/h4-8,11-16H,3H2,1-2H3/t4?,5-,6-,7+,8-/m1/s1. The SMILES string of the molecule is CN(C)C(=O)[C@H](O)[C@@H](O)[C@H](O)[C@H](O)C(O)CO. The molecule has 1 amide bonds. The number of hydrogen-bond acceptors (Lipinski definition) is 7. The predicted molar refractivity (Wildman–Crippen MR) is 55.8 cm³/mol. The Hall–Kier alpha value is -0.770. The van der Waals surface area contributed by atoms with Gasteiger partial charge in [0.05, 0.1) is 6.61 Å². The Bertz CT molecular complexity index is 247. The number of aliphatic hydroxyl groups is 6. The molecule has 0 radical (unpaired) electrons. The number of nitrogens with zero attached hydrogens (tertiary/aromatic N) is 1. The minimum Gasteiger partial charge on any atom is -0.394 e. The Labute approximate surface area is 98.3 Å². The van der Waals surface area contributed by atoms with Gasteiger partial charge in [0.2, 0.25) is 0 Å². The van der Waals surface area contributed by atoms with E-state index in [4.69, 9.17) is 10.2 Å². The summed E-state index contributed by atoms with van der Waals surface area (Å²) < 4.78 is 0. The quantitative estimate of drug-likeness (QED) is 0.282. The van der Waals surface area contributed by atoms with Crippen molar-refractivity contribution in [3.05, 3.63) is 0 Å². The molecule has 8 nitrogen and oxygen atoms in total. The van der Waals surface area contributed by atoms with E-state index in [0.717, 1.165) is 4.90 Å². The second kappa shape index (κ2) is 6.84. The van der Waals surface area contributed by atoms with Crippen LogP contribution < -0.4 is 0 Å². The van der Waals surface area contributed by atoms with Gasteiger partial charge in [-0.25, -0.2) is 0 Å². The third-order valence-electron chi connectivity index (χ3n) is 2.30. The molecule has 1 unspecified atom stereocenters. The molecule has 6 N–H and O–H groups in total. The van der Waals surface area contributed by atoms with Crippen molar-refractivity contribution in [1.82, 2.24) is 4.90 Å². The lowest BCUT2D eigenvalue weighted by Crippen LogP contribution is -2.53. The summed E-state index contributed by atoms with van der Waals surface area (Å²) in [5.41, 5.74) is 0. The summed E-state index contributed by atoms with van der Waals surface area (Å²) in [5.74, 6) is -0.859. The van der Waals surface area contributed by atoms with Gasteiger partial charge in [-0.2, -0.15) is 0 Å². The molecule has 0 spiro atoms. The smallest absolute Gasteiger partial charge is 0.253 e. The van der Waals surface area contributed by atoms with E-state index in [1.54, 1.807) is 0 Å². The van der Waals surface area contributed by atoms with Crippen LogP contribution in [0.1, 0.15) is 0 Å². The summed E-state index contributed by atoms with van der Waals surface area (Å²) in [4.78, 5) is 12.3. The monoisotopic (exact) mass is 253 g/mol. The van der Waals surface area contributed by atoms with Crippen LogP contribution in [0.25, 0.3) is 0 Å². The first-order valence-corrected chi connectivity index (χ1v) is 4.96. The second-order valence-corrected chi connectivity index (χ2v) is 3.90. The van der Waals surface area contributed by atoms with Crippen LogP contribution in [-0.2, 0) is 4.79 Å². The fourth-order valence-electron chi connectivity index (χ4n) is 1.14. The second-order valence-electron chi connectivity index (χ2n) is 3.90. The molecule has 0 saturated carbocycles. The number of hydrogen-bond donors (Lipinski definition) is 6. The minimum absolute atomic E-state index is 0.831. The van der Waals surface area contributed by atoms with Gasteiger partial charge in [-0.1, -0.05) is 0 Å². The van der Waals surface area contributed by atoms with Crippen LogP contribution in [0, 0.1) is 0 Å². The molecule has 0 aliphatic heterocycles. The number of aliphatic hydroxyl groups excluding tert-OH is 6. The number of rotatable bonds is 6. The van der Waals surface area contributed by atoms with Crippen molar-refractivity contribution in [2.45, 2.75) is 30.5 Å². The molecule has 0 aromatic rings. The topological polar surface area (TPSA) is 142 Å². The molecule has 0 bridgehead atoms. The van der Waals surface area contributed by atoms with Gasteiger partial charge in [0.15, 0.2) is 6.10 Å². The van der Waals surface area contributed by atoms with Gasteiger partial charge in [0.25, 0.3) is 5.91 Å². The van der Waals surface area contributed by atoms with E-state index in [0.29, 0.717) is 0 Å². The lowest BCUT2D eigenvalue weighted by Gasteiger charge is -2.28. The fourth-order valence-corrected chi connectivity index (χ4v) is 1.14. The molecule has 102 valence electrons. The zero-order valence-corrected chi connectivity index (χ0v) is 9.63. The van der Waals surface area contributed by atoms with Crippen molar-refractivity contribution >= 4 is 5.91 Å². The fraction of sp³-hybridized carbons (Fsp3) is 0.889. The average molecular weight is 253 g/mol. The van der Waals surface area contributed by atoms with Crippen molar-refractivity contribution in [2.24, 2.45) is 0 Å². The lowest BCUT2D eigenvalue weighted by molar-refractivity contribution is -0.162. The molecule has 0 fully saturated rings. The number of carbonyl (C=O) groups excluding carboxylic acids is 1. The third kappa shape index (κ3) is 4.19. The van der Waals surface area contributed by atoms with Crippen LogP contribution in [0.3, 0.4) is 0 Å². The van der Waals surface area contributed by atoms with Crippen molar-refractivity contribution in [2.75, 3.05) is 20.7 Å². The highest BCUT2D eigenvalue weighted by atomic mass is 16.4. The molecule has 0 saturated heterocycles. The summed E-state index contributed by atoms with van der Waals surface area (Å²) >= 11 is 0. The molecule has 8 heteroatoms. The van der Waals surface area contributed by atoms with Gasteiger partial charge in [-0.3, -0.25) is 4.79 Å². The number of likely N-dealkylation sites (N-methyl/N-ethyl adjacent to an activating group) is 1. The molecular weight excluding hydrogens is 234 g/mol. The first kappa shape index (κ1) is 16.2. The van der Waals surface area contributed by atoms with Gasteiger partial charge < -0.3 is 35.5 Å². The highest BCUT2D eigenvalue weighted by Gasteiger charge is 2.37. The van der Waals surface area contributed by atoms with Gasteiger partial charge in [-0.15, -0.1) is 0 Å². The Morgan fingerprint density at radius 3 is 1.82 bits per heavy atom. The molecule has 0 aliphatic rings. The van der Waals surface area contributed by atoms with Crippen molar-refractivity contribution in [3.63, 3.8) is 0 Å². The van der Waals surface area contributed by atoms with Crippen molar-refractivity contribution in [3.8, 4) is 0 Å². The molecule has 0 aromatic carbocycles. The predicted octanol–water partition coefficient (Wildman–Crippen LogP) is -4.13.